The molecule has 0 spiro atoms. The second-order valence-corrected chi connectivity index (χ2v) is 5.56. The molecule has 2 nitrogen and oxygen atoms in total. The van der Waals surface area contributed by atoms with Crippen LogP contribution in [0.15, 0.2) is 40.9 Å². The van der Waals surface area contributed by atoms with Crippen molar-refractivity contribution in [1.82, 2.24) is 0 Å². The van der Waals surface area contributed by atoms with Crippen LogP contribution < -0.4 is 4.74 Å². The summed E-state index contributed by atoms with van der Waals surface area (Å²) >= 11 is 15.2. The van der Waals surface area contributed by atoms with E-state index in [1.807, 2.05) is 6.07 Å². The molecule has 19 heavy (non-hydrogen) atoms. The van der Waals surface area contributed by atoms with E-state index in [1.54, 1.807) is 30.3 Å². The van der Waals surface area contributed by atoms with E-state index < -0.39 is 0 Å². The smallest absolute Gasteiger partial charge is 0.137 e. The summed E-state index contributed by atoms with van der Waals surface area (Å²) in [6.07, 6.45) is 0.665. The van der Waals surface area contributed by atoms with Gasteiger partial charge in [-0.2, -0.15) is 0 Å². The Kier molecular flexibility index (Phi) is 4.97. The van der Waals surface area contributed by atoms with Gasteiger partial charge in [0.25, 0.3) is 0 Å². The molecular formula is C14H11BrCl2O2. The first-order valence-corrected chi connectivity index (χ1v) is 7.17. The third-order valence-corrected chi connectivity index (χ3v) is 3.97. The quantitative estimate of drug-likeness (QED) is 0.822. The number of benzene rings is 2. The Labute approximate surface area is 130 Å². The van der Waals surface area contributed by atoms with Gasteiger partial charge < -0.3 is 9.84 Å². The van der Waals surface area contributed by atoms with Crippen LogP contribution in [0.25, 0.3) is 0 Å². The molecule has 0 atom stereocenters. The zero-order valence-corrected chi connectivity index (χ0v) is 13.0. The lowest BCUT2D eigenvalue weighted by atomic mass is 10.1. The Morgan fingerprint density at radius 1 is 1.16 bits per heavy atom. The number of ether oxygens (including phenoxy) is 1. The maximum Gasteiger partial charge on any atom is 0.137 e. The minimum Gasteiger partial charge on any atom is -0.507 e. The van der Waals surface area contributed by atoms with Crippen molar-refractivity contribution in [3.05, 3.63) is 56.5 Å². The summed E-state index contributed by atoms with van der Waals surface area (Å²) in [7, 11) is 0. The molecule has 2 aromatic rings. The molecule has 0 aliphatic carbocycles. The predicted octanol–water partition coefficient (Wildman–Crippen LogP) is 5.08. The van der Waals surface area contributed by atoms with Gasteiger partial charge in [-0.15, -0.1) is 0 Å². The first kappa shape index (κ1) is 14.5. The van der Waals surface area contributed by atoms with Crippen LogP contribution in [0.2, 0.25) is 10.0 Å². The lowest BCUT2D eigenvalue weighted by Gasteiger charge is -2.10. The summed E-state index contributed by atoms with van der Waals surface area (Å²) in [5.74, 6) is 0.757. The van der Waals surface area contributed by atoms with E-state index in [2.05, 4.69) is 15.9 Å². The van der Waals surface area contributed by atoms with Gasteiger partial charge in [-0.05, 0) is 45.8 Å². The second-order valence-electron chi connectivity index (χ2n) is 3.92. The molecule has 2 aromatic carbocycles. The van der Waals surface area contributed by atoms with Crippen molar-refractivity contribution in [2.24, 2.45) is 0 Å². The molecule has 1 N–H and O–H groups in total. The molecule has 0 aromatic heterocycles. The highest BCUT2D eigenvalue weighted by Gasteiger charge is 2.06. The molecular weight excluding hydrogens is 351 g/mol. The van der Waals surface area contributed by atoms with Crippen molar-refractivity contribution in [1.29, 1.82) is 0 Å². The zero-order valence-electron chi connectivity index (χ0n) is 9.87. The average molecular weight is 362 g/mol. The van der Waals surface area contributed by atoms with Crippen molar-refractivity contribution in [2.75, 3.05) is 6.61 Å². The summed E-state index contributed by atoms with van der Waals surface area (Å²) in [6, 6.07) is 10.5. The van der Waals surface area contributed by atoms with E-state index in [-0.39, 0.29) is 5.75 Å². The Balaban J connectivity index is 1.98. The molecule has 2 rings (SSSR count). The minimum atomic E-state index is 0.155. The molecule has 0 amide bonds. The number of aromatic hydroxyl groups is 1. The van der Waals surface area contributed by atoms with Gasteiger partial charge in [0.2, 0.25) is 0 Å². The number of hydrogen-bond acceptors (Lipinski definition) is 2. The molecule has 100 valence electrons. The monoisotopic (exact) mass is 360 g/mol. The Hall–Kier alpha value is -0.900. The minimum absolute atomic E-state index is 0.155. The largest absolute Gasteiger partial charge is 0.507 e. The average Bonchev–Trinajstić information content (AvgIpc) is 2.37. The molecule has 5 heteroatoms. The van der Waals surface area contributed by atoms with Crippen molar-refractivity contribution < 1.29 is 9.84 Å². The van der Waals surface area contributed by atoms with Crippen LogP contribution in [0.5, 0.6) is 11.5 Å². The van der Waals surface area contributed by atoms with Crippen LogP contribution in [0.1, 0.15) is 5.56 Å². The van der Waals surface area contributed by atoms with Gasteiger partial charge in [-0.3, -0.25) is 0 Å². The third-order valence-electron chi connectivity index (χ3n) is 2.59. The second kappa shape index (κ2) is 6.51. The van der Waals surface area contributed by atoms with Gasteiger partial charge in [0.15, 0.2) is 0 Å². The van der Waals surface area contributed by atoms with Crippen molar-refractivity contribution in [2.45, 2.75) is 6.42 Å². The molecule has 0 fully saturated rings. The first-order valence-electron chi connectivity index (χ1n) is 5.62. The number of rotatable bonds is 4. The van der Waals surface area contributed by atoms with E-state index in [0.29, 0.717) is 33.3 Å². The molecule has 0 radical (unpaired) electrons. The summed E-state index contributed by atoms with van der Waals surface area (Å²) < 4.78 is 6.16. The highest BCUT2D eigenvalue weighted by molar-refractivity contribution is 9.10. The van der Waals surface area contributed by atoms with E-state index in [0.717, 1.165) is 5.56 Å². The van der Waals surface area contributed by atoms with E-state index in [9.17, 15) is 5.11 Å². The van der Waals surface area contributed by atoms with E-state index in [1.165, 1.54) is 0 Å². The number of phenols is 1. The number of phenolic OH excluding ortho intramolecular Hbond substituents is 1. The third kappa shape index (κ3) is 3.78. The summed E-state index contributed by atoms with van der Waals surface area (Å²) in [6.45, 7) is 0.462. The molecule has 0 saturated heterocycles. The van der Waals surface area contributed by atoms with Crippen LogP contribution in [0, 0.1) is 0 Å². The maximum absolute atomic E-state index is 9.53. The molecule has 0 heterocycles. The predicted molar refractivity (Wildman–Crippen MR) is 81.5 cm³/mol. The normalized spacial score (nSPS) is 10.5. The lowest BCUT2D eigenvalue weighted by Crippen LogP contribution is -2.02. The summed E-state index contributed by atoms with van der Waals surface area (Å²) in [5, 5.41) is 10.8. The number of halogens is 3. The fourth-order valence-electron chi connectivity index (χ4n) is 1.61. The molecule has 0 unspecified atom stereocenters. The van der Waals surface area contributed by atoms with Gasteiger partial charge >= 0.3 is 0 Å². The Morgan fingerprint density at radius 3 is 2.68 bits per heavy atom. The van der Waals surface area contributed by atoms with Crippen LogP contribution in [0.4, 0.5) is 0 Å². The highest BCUT2D eigenvalue weighted by Crippen LogP contribution is 2.33. The fraction of sp³-hybridized carbons (Fsp3) is 0.143. The molecule has 0 aliphatic rings. The Bertz CT molecular complexity index is 588. The van der Waals surface area contributed by atoms with Crippen molar-refractivity contribution >= 4 is 39.1 Å². The summed E-state index contributed by atoms with van der Waals surface area (Å²) in [5.41, 5.74) is 0.974. The van der Waals surface area contributed by atoms with Gasteiger partial charge in [-0.1, -0.05) is 35.3 Å². The van der Waals surface area contributed by atoms with Crippen LogP contribution in [-0.4, -0.2) is 11.7 Å². The van der Waals surface area contributed by atoms with Crippen LogP contribution in [0.3, 0.4) is 0 Å². The van der Waals surface area contributed by atoms with Gasteiger partial charge in [-0.25, -0.2) is 0 Å². The standard InChI is InChI=1S/C14H11BrCl2O2/c15-14-12(18)2-1-3-13(14)19-7-6-9-4-5-10(16)8-11(9)17/h1-5,8,18H,6-7H2. The van der Waals surface area contributed by atoms with Crippen molar-refractivity contribution in [3.8, 4) is 11.5 Å². The van der Waals surface area contributed by atoms with Gasteiger partial charge in [0, 0.05) is 16.5 Å². The molecule has 0 aliphatic heterocycles. The SMILES string of the molecule is Oc1cccc(OCCc2ccc(Cl)cc2Cl)c1Br. The molecule has 0 saturated carbocycles. The first-order chi connectivity index (χ1) is 9.08. The maximum atomic E-state index is 9.53. The Morgan fingerprint density at radius 2 is 1.95 bits per heavy atom. The lowest BCUT2D eigenvalue weighted by molar-refractivity contribution is 0.317. The topological polar surface area (TPSA) is 29.5 Å². The number of hydrogen-bond donors (Lipinski definition) is 1. The fourth-order valence-corrected chi connectivity index (χ4v) is 2.49. The molecule has 0 bridgehead atoms. The van der Waals surface area contributed by atoms with Crippen LogP contribution >= 0.6 is 39.1 Å². The summed E-state index contributed by atoms with van der Waals surface area (Å²) in [4.78, 5) is 0. The van der Waals surface area contributed by atoms with Gasteiger partial charge in [0.1, 0.15) is 16.0 Å². The van der Waals surface area contributed by atoms with Crippen molar-refractivity contribution in [3.63, 3.8) is 0 Å². The zero-order chi connectivity index (χ0) is 13.8. The van der Waals surface area contributed by atoms with Crippen LogP contribution in [-0.2, 0) is 6.42 Å². The van der Waals surface area contributed by atoms with E-state index >= 15 is 0 Å². The van der Waals surface area contributed by atoms with E-state index in [4.69, 9.17) is 27.9 Å². The van der Waals surface area contributed by atoms with Gasteiger partial charge in [0.05, 0.1) is 6.61 Å². The highest BCUT2D eigenvalue weighted by atomic mass is 79.9.